The second kappa shape index (κ2) is 8.24. The Morgan fingerprint density at radius 3 is 2.35 bits per heavy atom. The topological polar surface area (TPSA) is 79.5 Å². The van der Waals surface area contributed by atoms with Crippen molar-refractivity contribution in [2.75, 3.05) is 24.6 Å². The molecule has 3 amide bonds. The summed E-state index contributed by atoms with van der Waals surface area (Å²) in [4.78, 5) is 23.0. The van der Waals surface area contributed by atoms with Gasteiger partial charge in [0.25, 0.3) is 0 Å². The van der Waals surface area contributed by atoms with Crippen molar-refractivity contribution in [3.8, 4) is 0 Å². The number of thioether (sulfide) groups is 1. The van der Waals surface area contributed by atoms with Crippen LogP contribution in [0.4, 0.5) is 9.59 Å². The number of alkyl carbamates (subject to hydrolysis) is 1. The molecule has 3 N–H and O–H groups in total. The predicted octanol–water partition coefficient (Wildman–Crippen LogP) is 1.71. The van der Waals surface area contributed by atoms with E-state index in [-0.39, 0.29) is 12.1 Å². The van der Waals surface area contributed by atoms with Gasteiger partial charge in [0.1, 0.15) is 5.60 Å². The van der Waals surface area contributed by atoms with Gasteiger partial charge in [0, 0.05) is 19.1 Å². The second-order valence-electron chi connectivity index (χ2n) is 5.72. The van der Waals surface area contributed by atoms with Crippen LogP contribution >= 0.6 is 11.8 Å². The van der Waals surface area contributed by atoms with Gasteiger partial charge in [-0.3, -0.25) is 0 Å². The van der Waals surface area contributed by atoms with Gasteiger partial charge >= 0.3 is 12.1 Å². The van der Waals surface area contributed by atoms with Crippen LogP contribution in [0.2, 0.25) is 0 Å². The van der Waals surface area contributed by atoms with Gasteiger partial charge in [-0.2, -0.15) is 11.8 Å². The van der Waals surface area contributed by atoms with Crippen LogP contribution < -0.4 is 16.0 Å². The minimum Gasteiger partial charge on any atom is -0.444 e. The molecule has 7 heteroatoms. The molecule has 1 saturated heterocycles. The summed E-state index contributed by atoms with van der Waals surface area (Å²) in [7, 11) is 0. The zero-order chi connectivity index (χ0) is 15.0. The molecule has 1 rings (SSSR count). The monoisotopic (exact) mass is 303 g/mol. The highest BCUT2D eigenvalue weighted by Crippen LogP contribution is 2.16. The fourth-order valence-electron chi connectivity index (χ4n) is 1.73. The summed E-state index contributed by atoms with van der Waals surface area (Å²) >= 11 is 1.92. The van der Waals surface area contributed by atoms with Crippen LogP contribution in [0.1, 0.15) is 33.6 Å². The Balaban J connectivity index is 2.05. The van der Waals surface area contributed by atoms with Gasteiger partial charge in [-0.05, 0) is 45.1 Å². The van der Waals surface area contributed by atoms with E-state index in [2.05, 4.69) is 16.0 Å². The minimum absolute atomic E-state index is 0.173. The van der Waals surface area contributed by atoms with Crippen molar-refractivity contribution in [3.05, 3.63) is 0 Å². The first kappa shape index (κ1) is 16.9. The van der Waals surface area contributed by atoms with Crippen LogP contribution in [-0.2, 0) is 4.74 Å². The summed E-state index contributed by atoms with van der Waals surface area (Å²) in [5.41, 5.74) is -0.506. The molecule has 0 aliphatic carbocycles. The molecule has 1 aliphatic rings. The third-order valence-electron chi connectivity index (χ3n) is 2.64. The number of nitrogens with one attached hydrogen (secondary N) is 3. The lowest BCUT2D eigenvalue weighted by atomic mass is 10.2. The van der Waals surface area contributed by atoms with Gasteiger partial charge < -0.3 is 20.7 Å². The molecule has 1 heterocycles. The Kier molecular flexibility index (Phi) is 6.98. The third-order valence-corrected chi connectivity index (χ3v) is 3.68. The van der Waals surface area contributed by atoms with Crippen molar-refractivity contribution in [1.29, 1.82) is 0 Å². The van der Waals surface area contributed by atoms with Crippen LogP contribution in [0.5, 0.6) is 0 Å². The van der Waals surface area contributed by atoms with Crippen molar-refractivity contribution in [2.45, 2.75) is 45.3 Å². The molecule has 0 atom stereocenters. The number of hydrogen-bond acceptors (Lipinski definition) is 4. The zero-order valence-electron chi connectivity index (χ0n) is 12.5. The molecule has 0 saturated carbocycles. The number of ether oxygens (including phenoxy) is 1. The zero-order valence-corrected chi connectivity index (χ0v) is 13.3. The number of rotatable bonds is 4. The van der Waals surface area contributed by atoms with E-state index in [0.29, 0.717) is 13.1 Å². The number of amides is 3. The lowest BCUT2D eigenvalue weighted by Gasteiger charge is -2.22. The van der Waals surface area contributed by atoms with Crippen LogP contribution in [0, 0.1) is 0 Å². The number of carbonyl (C=O) groups excluding carboxylic acids is 2. The molecule has 20 heavy (non-hydrogen) atoms. The lowest BCUT2D eigenvalue weighted by molar-refractivity contribution is 0.0528. The van der Waals surface area contributed by atoms with E-state index in [1.807, 2.05) is 11.8 Å². The first-order valence-electron chi connectivity index (χ1n) is 6.96. The lowest BCUT2D eigenvalue weighted by Crippen LogP contribution is -2.46. The average Bonchev–Trinajstić information content (AvgIpc) is 2.34. The number of urea groups is 1. The number of hydrogen-bond donors (Lipinski definition) is 3. The van der Waals surface area contributed by atoms with Gasteiger partial charge in [-0.15, -0.1) is 0 Å². The molecule has 0 aromatic rings. The van der Waals surface area contributed by atoms with E-state index in [1.54, 1.807) is 20.8 Å². The molecule has 6 nitrogen and oxygen atoms in total. The Labute approximate surface area is 124 Å². The van der Waals surface area contributed by atoms with Crippen molar-refractivity contribution in [3.63, 3.8) is 0 Å². The average molecular weight is 303 g/mol. The number of carbonyl (C=O) groups is 2. The van der Waals surface area contributed by atoms with E-state index >= 15 is 0 Å². The highest BCUT2D eigenvalue weighted by molar-refractivity contribution is 7.99. The maximum atomic E-state index is 11.6. The SMILES string of the molecule is CC(C)(C)OC(=O)NCCNC(=O)NC1CCSCC1. The molecule has 1 aliphatic heterocycles. The van der Waals surface area contributed by atoms with Crippen LogP contribution in [0.15, 0.2) is 0 Å². The fraction of sp³-hybridized carbons (Fsp3) is 0.846. The molecule has 0 unspecified atom stereocenters. The maximum Gasteiger partial charge on any atom is 0.407 e. The molecular weight excluding hydrogens is 278 g/mol. The van der Waals surface area contributed by atoms with Crippen LogP contribution in [0.25, 0.3) is 0 Å². The molecule has 0 spiro atoms. The predicted molar refractivity (Wildman–Crippen MR) is 81.1 cm³/mol. The molecule has 0 aromatic heterocycles. The van der Waals surface area contributed by atoms with Crippen LogP contribution in [-0.4, -0.2) is 48.4 Å². The maximum absolute atomic E-state index is 11.6. The van der Waals surface area contributed by atoms with Crippen molar-refractivity contribution >= 4 is 23.9 Å². The Morgan fingerprint density at radius 1 is 1.15 bits per heavy atom. The minimum atomic E-state index is -0.506. The van der Waals surface area contributed by atoms with Crippen molar-refractivity contribution in [2.24, 2.45) is 0 Å². The summed E-state index contributed by atoms with van der Waals surface area (Å²) in [5, 5.41) is 8.25. The molecule has 1 fully saturated rings. The third kappa shape index (κ3) is 8.14. The van der Waals surface area contributed by atoms with E-state index < -0.39 is 11.7 Å². The summed E-state index contributed by atoms with van der Waals surface area (Å²) in [5.74, 6) is 2.20. The first-order valence-corrected chi connectivity index (χ1v) is 8.11. The largest absolute Gasteiger partial charge is 0.444 e. The van der Waals surface area contributed by atoms with E-state index in [1.165, 1.54) is 0 Å². The van der Waals surface area contributed by atoms with E-state index in [4.69, 9.17) is 4.74 Å². The summed E-state index contributed by atoms with van der Waals surface area (Å²) in [6.07, 6.45) is 1.58. The second-order valence-corrected chi connectivity index (χ2v) is 6.94. The fourth-order valence-corrected chi connectivity index (χ4v) is 2.84. The summed E-state index contributed by atoms with van der Waals surface area (Å²) < 4.78 is 5.09. The van der Waals surface area contributed by atoms with Crippen molar-refractivity contribution < 1.29 is 14.3 Å². The normalized spacial score (nSPS) is 16.4. The molecule has 0 bridgehead atoms. The van der Waals surface area contributed by atoms with E-state index in [9.17, 15) is 9.59 Å². The van der Waals surface area contributed by atoms with Crippen molar-refractivity contribution in [1.82, 2.24) is 16.0 Å². The Morgan fingerprint density at radius 2 is 1.75 bits per heavy atom. The molecule has 0 aromatic carbocycles. The van der Waals surface area contributed by atoms with Gasteiger partial charge in [0.05, 0.1) is 0 Å². The van der Waals surface area contributed by atoms with Gasteiger partial charge in [-0.1, -0.05) is 0 Å². The van der Waals surface area contributed by atoms with Gasteiger partial charge in [0.15, 0.2) is 0 Å². The highest BCUT2D eigenvalue weighted by Gasteiger charge is 2.16. The Hall–Kier alpha value is -1.11. The van der Waals surface area contributed by atoms with Gasteiger partial charge in [0.2, 0.25) is 0 Å². The highest BCUT2D eigenvalue weighted by atomic mass is 32.2. The quantitative estimate of drug-likeness (QED) is 0.691. The molecule has 116 valence electrons. The van der Waals surface area contributed by atoms with Gasteiger partial charge in [-0.25, -0.2) is 9.59 Å². The smallest absolute Gasteiger partial charge is 0.407 e. The molecule has 0 radical (unpaired) electrons. The first-order chi connectivity index (χ1) is 9.37. The van der Waals surface area contributed by atoms with Crippen LogP contribution in [0.3, 0.4) is 0 Å². The van der Waals surface area contributed by atoms with E-state index in [0.717, 1.165) is 24.3 Å². The molecular formula is C13H25N3O3S. The Bertz CT molecular complexity index is 325. The summed E-state index contributed by atoms with van der Waals surface area (Å²) in [6, 6.07) is 0.1000. The standard InChI is InChI=1S/C13H25N3O3S/c1-13(2,3)19-12(18)15-7-6-14-11(17)16-10-4-8-20-9-5-10/h10H,4-9H2,1-3H3,(H,15,18)(H2,14,16,17). The summed E-state index contributed by atoms with van der Waals surface area (Å²) in [6.45, 7) is 6.15.